The minimum Gasteiger partial charge on any atom is -0.497 e. The van der Waals surface area contributed by atoms with Crippen LogP contribution in [0, 0.1) is 19.8 Å². The Hall–Kier alpha value is -2.82. The number of amides is 2. The van der Waals surface area contributed by atoms with E-state index in [1.54, 1.807) is 12.0 Å². The van der Waals surface area contributed by atoms with Gasteiger partial charge in [-0.05, 0) is 43.2 Å². The number of carbonyl (C=O) groups excluding carboxylic acids is 2. The van der Waals surface area contributed by atoms with E-state index in [9.17, 15) is 9.59 Å². The summed E-state index contributed by atoms with van der Waals surface area (Å²) in [6, 6.07) is 13.1. The Kier molecular flexibility index (Phi) is 4.74. The van der Waals surface area contributed by atoms with Crippen LogP contribution < -0.4 is 15.0 Å². The highest BCUT2D eigenvalue weighted by molar-refractivity contribution is 6.03. The monoisotopic (exact) mass is 338 g/mol. The second-order valence-corrected chi connectivity index (χ2v) is 6.34. The molecule has 0 radical (unpaired) electrons. The molecular weight excluding hydrogens is 316 g/mol. The Labute approximate surface area is 147 Å². The predicted octanol–water partition coefficient (Wildman–Crippen LogP) is 3.30. The zero-order valence-corrected chi connectivity index (χ0v) is 14.7. The van der Waals surface area contributed by atoms with Gasteiger partial charge in [-0.15, -0.1) is 0 Å². The van der Waals surface area contributed by atoms with Crippen LogP contribution in [0.4, 0.5) is 11.4 Å². The molecular formula is C20H22N2O3. The van der Waals surface area contributed by atoms with Gasteiger partial charge in [0.2, 0.25) is 11.8 Å². The molecule has 130 valence electrons. The number of aryl methyl sites for hydroxylation is 1. The minimum absolute atomic E-state index is 0.0469. The van der Waals surface area contributed by atoms with Gasteiger partial charge in [-0.2, -0.15) is 0 Å². The average molecular weight is 338 g/mol. The van der Waals surface area contributed by atoms with Crippen molar-refractivity contribution in [1.29, 1.82) is 0 Å². The summed E-state index contributed by atoms with van der Waals surface area (Å²) < 4.78 is 5.21. The molecule has 0 saturated carbocycles. The van der Waals surface area contributed by atoms with E-state index in [1.165, 1.54) is 0 Å². The lowest BCUT2D eigenvalue weighted by Gasteiger charge is -2.18. The molecule has 1 saturated heterocycles. The van der Waals surface area contributed by atoms with Crippen molar-refractivity contribution in [1.82, 2.24) is 0 Å². The smallest absolute Gasteiger partial charge is 0.229 e. The maximum atomic E-state index is 12.6. The van der Waals surface area contributed by atoms with Crippen molar-refractivity contribution in [3.63, 3.8) is 0 Å². The lowest BCUT2D eigenvalue weighted by Crippen LogP contribution is -2.28. The maximum absolute atomic E-state index is 12.6. The van der Waals surface area contributed by atoms with Gasteiger partial charge in [0.15, 0.2) is 0 Å². The number of anilines is 2. The fourth-order valence-corrected chi connectivity index (χ4v) is 3.03. The van der Waals surface area contributed by atoms with Gasteiger partial charge in [0.1, 0.15) is 5.75 Å². The molecule has 2 aromatic carbocycles. The Morgan fingerprint density at radius 1 is 1.20 bits per heavy atom. The van der Waals surface area contributed by atoms with Crippen molar-refractivity contribution < 1.29 is 14.3 Å². The summed E-state index contributed by atoms with van der Waals surface area (Å²) in [4.78, 5) is 26.6. The first-order valence-corrected chi connectivity index (χ1v) is 8.31. The fraction of sp³-hybridized carbons (Fsp3) is 0.300. The highest BCUT2D eigenvalue weighted by Crippen LogP contribution is 2.29. The molecule has 1 atom stereocenters. The number of carbonyl (C=O) groups is 2. The van der Waals surface area contributed by atoms with E-state index in [0.29, 0.717) is 12.3 Å². The first-order chi connectivity index (χ1) is 12.0. The topological polar surface area (TPSA) is 58.6 Å². The standard InChI is InChI=1S/C20H22N2O3/c1-13-6-4-9-18(14(13)2)21-20(24)15-10-19(23)22(12-15)16-7-5-8-17(11-16)25-3/h4-9,11,15H,10,12H2,1-3H3,(H,21,24). The van der Waals surface area contributed by atoms with Gasteiger partial charge in [-0.1, -0.05) is 18.2 Å². The summed E-state index contributed by atoms with van der Waals surface area (Å²) in [6.07, 6.45) is 0.216. The lowest BCUT2D eigenvalue weighted by atomic mass is 10.1. The minimum atomic E-state index is -0.362. The molecule has 2 amide bonds. The van der Waals surface area contributed by atoms with Gasteiger partial charge in [0.05, 0.1) is 13.0 Å². The van der Waals surface area contributed by atoms with E-state index < -0.39 is 0 Å². The van der Waals surface area contributed by atoms with E-state index in [2.05, 4.69) is 5.32 Å². The third kappa shape index (κ3) is 3.50. The van der Waals surface area contributed by atoms with Crippen LogP contribution in [-0.2, 0) is 9.59 Å². The Balaban J connectivity index is 1.73. The van der Waals surface area contributed by atoms with Crippen LogP contribution in [0.3, 0.4) is 0 Å². The molecule has 0 aromatic heterocycles. The van der Waals surface area contributed by atoms with E-state index >= 15 is 0 Å². The highest BCUT2D eigenvalue weighted by atomic mass is 16.5. The van der Waals surface area contributed by atoms with Gasteiger partial charge < -0.3 is 15.0 Å². The molecule has 5 nitrogen and oxygen atoms in total. The van der Waals surface area contributed by atoms with Gasteiger partial charge in [-0.3, -0.25) is 9.59 Å². The number of hydrogen-bond donors (Lipinski definition) is 1. The lowest BCUT2D eigenvalue weighted by molar-refractivity contribution is -0.122. The van der Waals surface area contributed by atoms with Crippen molar-refractivity contribution in [3.05, 3.63) is 53.6 Å². The van der Waals surface area contributed by atoms with Crippen molar-refractivity contribution in [3.8, 4) is 5.75 Å². The molecule has 1 N–H and O–H groups in total. The molecule has 1 unspecified atom stereocenters. The molecule has 0 bridgehead atoms. The second-order valence-electron chi connectivity index (χ2n) is 6.34. The maximum Gasteiger partial charge on any atom is 0.229 e. The van der Waals surface area contributed by atoms with Gasteiger partial charge in [0.25, 0.3) is 0 Å². The van der Waals surface area contributed by atoms with Crippen LogP contribution in [0.15, 0.2) is 42.5 Å². The van der Waals surface area contributed by atoms with Gasteiger partial charge in [-0.25, -0.2) is 0 Å². The number of nitrogens with zero attached hydrogens (tertiary/aromatic N) is 1. The molecule has 0 spiro atoms. The van der Waals surface area contributed by atoms with Gasteiger partial charge >= 0.3 is 0 Å². The average Bonchev–Trinajstić information content (AvgIpc) is 3.01. The van der Waals surface area contributed by atoms with Crippen molar-refractivity contribution in [2.24, 2.45) is 5.92 Å². The second kappa shape index (κ2) is 6.97. The molecule has 25 heavy (non-hydrogen) atoms. The van der Waals surface area contributed by atoms with Crippen molar-refractivity contribution >= 4 is 23.2 Å². The zero-order valence-electron chi connectivity index (χ0n) is 14.7. The van der Waals surface area contributed by atoms with Crippen molar-refractivity contribution in [2.75, 3.05) is 23.9 Å². The normalized spacial score (nSPS) is 16.8. The third-order valence-corrected chi connectivity index (χ3v) is 4.72. The van der Waals surface area contributed by atoms with E-state index in [0.717, 1.165) is 22.5 Å². The van der Waals surface area contributed by atoms with Crippen molar-refractivity contribution in [2.45, 2.75) is 20.3 Å². The molecule has 1 aliphatic rings. The first kappa shape index (κ1) is 17.0. The zero-order chi connectivity index (χ0) is 18.0. The first-order valence-electron chi connectivity index (χ1n) is 8.31. The van der Waals surface area contributed by atoms with Crippen LogP contribution in [-0.4, -0.2) is 25.5 Å². The summed E-state index contributed by atoms with van der Waals surface area (Å²) in [5, 5.41) is 2.97. The molecule has 0 aliphatic carbocycles. The molecule has 1 aliphatic heterocycles. The number of methoxy groups -OCH3 is 1. The van der Waals surface area contributed by atoms with E-state index in [4.69, 9.17) is 4.74 Å². The quantitative estimate of drug-likeness (QED) is 0.930. The Bertz CT molecular complexity index is 816. The largest absolute Gasteiger partial charge is 0.497 e. The Morgan fingerprint density at radius 3 is 2.72 bits per heavy atom. The summed E-state index contributed by atoms with van der Waals surface area (Å²) in [5.74, 6) is 0.161. The number of benzene rings is 2. The van der Waals surface area contributed by atoms with E-state index in [-0.39, 0.29) is 24.2 Å². The number of hydrogen-bond acceptors (Lipinski definition) is 3. The van der Waals surface area contributed by atoms with Crippen LogP contribution in [0.5, 0.6) is 5.75 Å². The molecule has 3 rings (SSSR count). The Morgan fingerprint density at radius 2 is 1.96 bits per heavy atom. The third-order valence-electron chi connectivity index (χ3n) is 4.72. The van der Waals surface area contributed by atoms with E-state index in [1.807, 2.05) is 56.3 Å². The molecule has 5 heteroatoms. The van der Waals surface area contributed by atoms with Crippen LogP contribution in [0.1, 0.15) is 17.5 Å². The summed E-state index contributed by atoms with van der Waals surface area (Å²) in [6.45, 7) is 4.37. The molecule has 1 fully saturated rings. The summed E-state index contributed by atoms with van der Waals surface area (Å²) >= 11 is 0. The highest BCUT2D eigenvalue weighted by Gasteiger charge is 2.35. The van der Waals surface area contributed by atoms with Crippen LogP contribution in [0.25, 0.3) is 0 Å². The predicted molar refractivity (Wildman–Crippen MR) is 98.0 cm³/mol. The van der Waals surface area contributed by atoms with Crippen LogP contribution >= 0.6 is 0 Å². The SMILES string of the molecule is COc1cccc(N2CC(C(=O)Nc3cccc(C)c3C)CC2=O)c1. The summed E-state index contributed by atoms with van der Waals surface area (Å²) in [7, 11) is 1.59. The van der Waals surface area contributed by atoms with Gasteiger partial charge in [0, 0.05) is 30.4 Å². The fourth-order valence-electron chi connectivity index (χ4n) is 3.03. The molecule has 1 heterocycles. The number of rotatable bonds is 4. The summed E-state index contributed by atoms with van der Waals surface area (Å²) in [5.41, 5.74) is 3.73. The number of nitrogens with one attached hydrogen (secondary N) is 1. The van der Waals surface area contributed by atoms with Crippen LogP contribution in [0.2, 0.25) is 0 Å². The molecule has 2 aromatic rings. The number of ether oxygens (including phenoxy) is 1.